The van der Waals surface area contributed by atoms with Crippen LogP contribution in [0.5, 0.6) is 34.5 Å². The van der Waals surface area contributed by atoms with Gasteiger partial charge in [0.1, 0.15) is 65.0 Å². The largest absolute Gasteiger partial charge is 0.465 e. The lowest BCUT2D eigenvalue weighted by molar-refractivity contribution is -0.277. The van der Waals surface area contributed by atoms with Gasteiger partial charge in [0, 0.05) is 38.8 Å². The first-order valence-electron chi connectivity index (χ1n) is 20.6. The molecule has 4 N–H and O–H groups in total. The highest BCUT2D eigenvalue weighted by Gasteiger charge is 2.45. The van der Waals surface area contributed by atoms with E-state index in [9.17, 15) is 44.4 Å². The number of rotatable bonds is 15. The Labute approximate surface area is 374 Å². The summed E-state index contributed by atoms with van der Waals surface area (Å²) in [5.41, 5.74) is 2.76. The Balaban J connectivity index is 0.000000247. The van der Waals surface area contributed by atoms with E-state index in [1.165, 1.54) is 32.9 Å². The summed E-state index contributed by atoms with van der Waals surface area (Å²) in [6.45, 7) is 9.96. The Morgan fingerprint density at radius 1 is 0.554 bits per heavy atom. The summed E-state index contributed by atoms with van der Waals surface area (Å²) in [5.74, 6) is 0.390. The van der Waals surface area contributed by atoms with Gasteiger partial charge in [-0.05, 0) is 77.2 Å². The smallest absolute Gasteiger partial charge is 0.308 e. The summed E-state index contributed by atoms with van der Waals surface area (Å²) in [6, 6.07) is 23.1. The van der Waals surface area contributed by atoms with Crippen LogP contribution in [0, 0.1) is 11.8 Å². The van der Waals surface area contributed by atoms with Crippen molar-refractivity contribution in [2.75, 3.05) is 6.61 Å². The van der Waals surface area contributed by atoms with Crippen LogP contribution < -0.4 is 28.4 Å². The number of carbonyl (C=O) groups excluding carboxylic acids is 5. The van der Waals surface area contributed by atoms with Gasteiger partial charge in [-0.3, -0.25) is 24.0 Å². The average Bonchev–Trinajstić information content (AvgIpc) is 3.26. The van der Waals surface area contributed by atoms with E-state index in [2.05, 4.69) is 0 Å². The summed E-state index contributed by atoms with van der Waals surface area (Å²) >= 11 is 0. The fourth-order valence-electron chi connectivity index (χ4n) is 7.33. The molecule has 0 radical (unpaired) electrons. The number of hydrogen-bond donors (Lipinski definition) is 4. The van der Waals surface area contributed by atoms with Crippen molar-refractivity contribution in [3.05, 3.63) is 84.9 Å². The summed E-state index contributed by atoms with van der Waals surface area (Å²) in [5, 5.41) is 38.9. The standard InChI is InChI=1S/C27H32O8.C20H20O10/c1-7-25-15(2)26(33-19(6)30)16(3)27(35-25)34-22-10-8-20(9-11-22)21-12-23(31-17(4)28)14-24(13-21)32-18(5)29;21-8-16-17(24)18(25)19(26)20(30-16)29-13-3-1-11(2-4-13)12-5-14(27-9-22)7-15(6-12)28-10-23/h8-16,25-27H,7H2,1-6H3;1-7,9-10,16-21,24-26H,8H2. The second-order valence-electron chi connectivity index (χ2n) is 15.2. The molecule has 0 bridgehead atoms. The third kappa shape index (κ3) is 13.3. The van der Waals surface area contributed by atoms with Crippen molar-refractivity contribution in [2.45, 2.75) is 97.2 Å². The summed E-state index contributed by atoms with van der Waals surface area (Å²) in [6.07, 6.45) is -7.13. The van der Waals surface area contributed by atoms with Gasteiger partial charge >= 0.3 is 17.9 Å². The van der Waals surface area contributed by atoms with E-state index in [4.69, 9.17) is 42.6 Å². The minimum atomic E-state index is -1.54. The topological polar surface area (TPSA) is 249 Å². The van der Waals surface area contributed by atoms with Crippen molar-refractivity contribution in [3.63, 3.8) is 0 Å². The third-order valence-corrected chi connectivity index (χ3v) is 10.4. The molecule has 0 saturated carbocycles. The van der Waals surface area contributed by atoms with Crippen LogP contribution >= 0.6 is 0 Å². The maximum Gasteiger partial charge on any atom is 0.308 e. The number of aliphatic hydroxyl groups excluding tert-OH is 4. The second kappa shape index (κ2) is 23.0. The van der Waals surface area contributed by atoms with Crippen molar-refractivity contribution in [1.82, 2.24) is 0 Å². The molecule has 10 atom stereocenters. The Morgan fingerprint density at radius 2 is 1.00 bits per heavy atom. The minimum Gasteiger partial charge on any atom is -0.465 e. The van der Waals surface area contributed by atoms with Crippen LogP contribution in [0.15, 0.2) is 84.9 Å². The van der Waals surface area contributed by atoms with E-state index >= 15 is 0 Å². The molecule has 6 rings (SSSR count). The molecule has 10 unspecified atom stereocenters. The highest BCUT2D eigenvalue weighted by molar-refractivity contribution is 5.75. The van der Waals surface area contributed by atoms with Gasteiger partial charge in [-0.25, -0.2) is 0 Å². The van der Waals surface area contributed by atoms with Crippen molar-refractivity contribution in [3.8, 4) is 56.8 Å². The molecule has 348 valence electrons. The summed E-state index contributed by atoms with van der Waals surface area (Å²) in [7, 11) is 0. The Bertz CT molecular complexity index is 2180. The molecule has 0 aromatic heterocycles. The fourth-order valence-corrected chi connectivity index (χ4v) is 7.33. The second-order valence-corrected chi connectivity index (χ2v) is 15.2. The van der Waals surface area contributed by atoms with E-state index in [1.54, 1.807) is 60.7 Å². The first-order valence-corrected chi connectivity index (χ1v) is 20.6. The van der Waals surface area contributed by atoms with Crippen LogP contribution in [0.2, 0.25) is 0 Å². The number of hydrogen-bond acceptors (Lipinski definition) is 18. The highest BCUT2D eigenvalue weighted by atomic mass is 16.7. The van der Waals surface area contributed by atoms with E-state index in [0.717, 1.165) is 12.0 Å². The van der Waals surface area contributed by atoms with Gasteiger partial charge in [0.05, 0.1) is 18.6 Å². The van der Waals surface area contributed by atoms with Crippen LogP contribution in [-0.2, 0) is 38.2 Å². The molecule has 65 heavy (non-hydrogen) atoms. The molecule has 2 heterocycles. The third-order valence-electron chi connectivity index (χ3n) is 10.4. The average molecular weight is 905 g/mol. The molecular weight excluding hydrogens is 852 g/mol. The molecule has 4 aromatic rings. The number of aliphatic hydroxyl groups is 4. The van der Waals surface area contributed by atoms with Gasteiger partial charge in [0.2, 0.25) is 12.6 Å². The lowest BCUT2D eigenvalue weighted by Crippen LogP contribution is -2.60. The van der Waals surface area contributed by atoms with Crippen molar-refractivity contribution >= 4 is 30.9 Å². The van der Waals surface area contributed by atoms with Crippen molar-refractivity contribution < 1.29 is 87.0 Å². The molecule has 18 nitrogen and oxygen atoms in total. The Hall–Kier alpha value is -6.41. The molecular formula is C47H52O18. The Kier molecular flexibility index (Phi) is 17.5. The van der Waals surface area contributed by atoms with Gasteiger partial charge < -0.3 is 63.1 Å². The van der Waals surface area contributed by atoms with Crippen molar-refractivity contribution in [1.29, 1.82) is 0 Å². The zero-order valence-corrected chi connectivity index (χ0v) is 36.4. The van der Waals surface area contributed by atoms with Gasteiger partial charge in [-0.1, -0.05) is 45.0 Å². The number of esters is 3. The highest BCUT2D eigenvalue weighted by Crippen LogP contribution is 2.37. The summed E-state index contributed by atoms with van der Waals surface area (Å²) < 4.78 is 48.8. The van der Waals surface area contributed by atoms with E-state index in [1.807, 2.05) is 32.9 Å². The monoisotopic (exact) mass is 904 g/mol. The van der Waals surface area contributed by atoms with E-state index in [0.29, 0.717) is 22.4 Å². The van der Waals surface area contributed by atoms with Gasteiger partial charge in [-0.15, -0.1) is 0 Å². The minimum absolute atomic E-state index is 0.0528. The fraction of sp³-hybridized carbons (Fsp3) is 0.383. The molecule has 4 aromatic carbocycles. The molecule has 0 aliphatic carbocycles. The molecule has 18 heteroatoms. The van der Waals surface area contributed by atoms with Crippen LogP contribution in [-0.4, -0.2) is 107 Å². The first kappa shape index (κ1) is 49.6. The zero-order valence-electron chi connectivity index (χ0n) is 36.4. The van der Waals surface area contributed by atoms with Crippen molar-refractivity contribution in [2.24, 2.45) is 11.8 Å². The molecule has 2 fully saturated rings. The van der Waals surface area contributed by atoms with Crippen LogP contribution in [0.3, 0.4) is 0 Å². The predicted octanol–water partition coefficient (Wildman–Crippen LogP) is 4.52. The van der Waals surface area contributed by atoms with Gasteiger partial charge in [0.25, 0.3) is 12.9 Å². The van der Waals surface area contributed by atoms with E-state index < -0.39 is 55.5 Å². The lowest BCUT2D eigenvalue weighted by Gasteiger charge is -2.43. The first-order chi connectivity index (χ1) is 31.0. The van der Waals surface area contributed by atoms with Crippen LogP contribution in [0.1, 0.15) is 48.0 Å². The quantitative estimate of drug-likeness (QED) is 0.0727. The molecule has 0 spiro atoms. The lowest BCUT2D eigenvalue weighted by atomic mass is 9.84. The van der Waals surface area contributed by atoms with Gasteiger partial charge in [0.15, 0.2) is 0 Å². The SMILES string of the molecule is CCC1OC(Oc2ccc(-c3cc(OC(C)=O)cc(OC(C)=O)c3)cc2)C(C)C(OC(C)=O)C1C.O=COc1cc(OC=O)cc(-c2ccc(OC3OC(CO)C(O)C(O)C3O)cc2)c1. The maximum absolute atomic E-state index is 11.6. The Morgan fingerprint density at radius 3 is 1.43 bits per heavy atom. The normalized spacial score (nSPS) is 24.8. The number of ether oxygens (including phenoxy) is 9. The van der Waals surface area contributed by atoms with Gasteiger partial charge in [-0.2, -0.15) is 0 Å². The predicted molar refractivity (Wildman–Crippen MR) is 228 cm³/mol. The number of carbonyl (C=O) groups is 5. The van der Waals surface area contributed by atoms with Crippen LogP contribution in [0.25, 0.3) is 22.3 Å². The maximum atomic E-state index is 11.6. The molecule has 2 aliphatic heterocycles. The zero-order chi connectivity index (χ0) is 47.4. The van der Waals surface area contributed by atoms with E-state index in [-0.39, 0.29) is 71.7 Å². The van der Waals surface area contributed by atoms with Crippen LogP contribution in [0.4, 0.5) is 0 Å². The molecule has 0 amide bonds. The number of benzene rings is 4. The molecule has 2 aliphatic rings. The molecule has 2 saturated heterocycles. The summed E-state index contributed by atoms with van der Waals surface area (Å²) in [4.78, 5) is 55.7.